The molecule has 2 aromatic carbocycles. The molecule has 0 atom stereocenters. The van der Waals surface area contributed by atoms with Crippen LogP contribution in [-0.2, 0) is 27.4 Å². The third kappa shape index (κ3) is 17.3. The lowest BCUT2D eigenvalue weighted by molar-refractivity contribution is 0.0286. The van der Waals surface area contributed by atoms with Crippen LogP contribution in [0.3, 0.4) is 0 Å². The van der Waals surface area contributed by atoms with E-state index >= 15 is 0 Å². The fourth-order valence-electron chi connectivity index (χ4n) is 6.68. The van der Waals surface area contributed by atoms with Gasteiger partial charge in [0.15, 0.2) is 38.8 Å². The Balaban J connectivity index is 1.37. The molecule has 374 valence electrons. The predicted octanol–water partition coefficient (Wildman–Crippen LogP) is 9.37. The quantitative estimate of drug-likeness (QED) is 0.0267. The number of fused-ring (bicyclic) bond motifs is 1. The highest BCUT2D eigenvalue weighted by molar-refractivity contribution is 7.16. The number of aromatic nitrogens is 4. The topological polar surface area (TPSA) is 140 Å². The molecule has 69 heavy (non-hydrogen) atoms. The highest BCUT2D eigenvalue weighted by Crippen LogP contribution is 2.34. The number of rotatable bonds is 23. The SMILES string of the molecule is COC(=O)c1nc(N(CCCCN(C)CCN(C)C(=O)OC(C)(C)C)c2cc(C)c(/N=c3\sc4ccccc4n3COCC[Si](C)(C)C)nn2)sc1CCCOc1ccc(C#CCN(C)C)cc1F. The summed E-state index contributed by atoms with van der Waals surface area (Å²) in [5.41, 5.74) is 2.07. The van der Waals surface area contributed by atoms with Gasteiger partial charge in [-0.2, -0.15) is 4.99 Å². The standard InChI is InChI=1S/C50H70FN9O6S2Si/c1-36-33-43(54-55-45(36)53-48-60(35-64-31-32-69(10,11)12)39-20-13-14-21-41(39)67-48)59(27-16-15-26-57(7)28-29-58(8)49(62)66-50(2,3)4)47-52-44(46(61)63-9)42(68-47)22-18-30-65-40-24-23-37(34-38(40)51)19-17-25-56(5)6/h13-14,20-21,23-24,33-34H,15-16,18,22,25-32,35H2,1-12H3/b53-48-. The van der Waals surface area contributed by atoms with Gasteiger partial charge in [-0.3, -0.25) is 9.47 Å². The summed E-state index contributed by atoms with van der Waals surface area (Å²) in [4.78, 5) is 44.8. The van der Waals surface area contributed by atoms with Gasteiger partial charge < -0.3 is 33.6 Å². The van der Waals surface area contributed by atoms with Gasteiger partial charge in [-0.25, -0.2) is 19.0 Å². The Kier molecular flexibility index (Phi) is 20.3. The third-order valence-electron chi connectivity index (χ3n) is 10.6. The molecular formula is C50H70FN9O6S2Si. The number of amides is 1. The Morgan fingerprint density at radius 3 is 2.38 bits per heavy atom. The van der Waals surface area contributed by atoms with E-state index in [1.807, 2.05) is 76.8 Å². The number of benzene rings is 2. The van der Waals surface area contributed by atoms with Crippen LogP contribution in [0.1, 0.15) is 66.5 Å². The van der Waals surface area contributed by atoms with Gasteiger partial charge in [0.1, 0.15) is 12.3 Å². The smallest absolute Gasteiger partial charge is 0.410 e. The van der Waals surface area contributed by atoms with E-state index in [9.17, 15) is 14.0 Å². The summed E-state index contributed by atoms with van der Waals surface area (Å²) in [5.74, 6) is 6.12. The molecule has 1 amide bonds. The lowest BCUT2D eigenvalue weighted by atomic mass is 10.2. The summed E-state index contributed by atoms with van der Waals surface area (Å²) in [7, 11) is 7.69. The van der Waals surface area contributed by atoms with E-state index in [1.165, 1.54) is 24.5 Å². The number of thiazole rings is 2. The first-order valence-electron chi connectivity index (χ1n) is 23.3. The lowest BCUT2D eigenvalue weighted by Crippen LogP contribution is -2.38. The van der Waals surface area contributed by atoms with E-state index < -0.39 is 25.5 Å². The molecule has 3 heterocycles. The van der Waals surface area contributed by atoms with E-state index in [2.05, 4.69) is 58.2 Å². The molecule has 0 radical (unpaired) electrons. The number of methoxy groups -OCH3 is 1. The molecule has 0 saturated heterocycles. The van der Waals surface area contributed by atoms with Crippen molar-refractivity contribution in [1.29, 1.82) is 0 Å². The minimum Gasteiger partial charge on any atom is -0.491 e. The van der Waals surface area contributed by atoms with Crippen LogP contribution < -0.4 is 14.4 Å². The van der Waals surface area contributed by atoms with Gasteiger partial charge in [-0.1, -0.05) is 55.0 Å². The molecule has 5 aromatic rings. The van der Waals surface area contributed by atoms with Crippen molar-refractivity contribution < 1.29 is 32.9 Å². The first kappa shape index (κ1) is 54.7. The second-order valence-corrected chi connectivity index (χ2v) is 27.1. The summed E-state index contributed by atoms with van der Waals surface area (Å²) in [6.45, 7) is 18.9. The predicted molar refractivity (Wildman–Crippen MR) is 278 cm³/mol. The zero-order valence-electron chi connectivity index (χ0n) is 42.5. The van der Waals surface area contributed by atoms with Crippen molar-refractivity contribution in [1.82, 2.24) is 34.4 Å². The number of aryl methyl sites for hydroxylation is 2. The second-order valence-electron chi connectivity index (χ2n) is 19.4. The minimum atomic E-state index is -1.27. The maximum Gasteiger partial charge on any atom is 0.410 e. The number of carbonyl (C=O) groups excluding carboxylic acids is 2. The average Bonchev–Trinajstić information content (AvgIpc) is 3.86. The van der Waals surface area contributed by atoms with Gasteiger partial charge in [0.25, 0.3) is 0 Å². The van der Waals surface area contributed by atoms with Crippen LogP contribution in [0.2, 0.25) is 25.7 Å². The Hall–Kier alpha value is -5.23. The van der Waals surface area contributed by atoms with Crippen LogP contribution in [0.4, 0.5) is 26.0 Å². The van der Waals surface area contributed by atoms with Gasteiger partial charge in [-0.05, 0) is 129 Å². The van der Waals surface area contributed by atoms with Gasteiger partial charge in [0.05, 0.1) is 30.5 Å². The highest BCUT2D eigenvalue weighted by Gasteiger charge is 2.25. The fraction of sp³-hybridized carbons (Fsp3) is 0.520. The molecule has 15 nitrogen and oxygen atoms in total. The van der Waals surface area contributed by atoms with Crippen LogP contribution in [0.15, 0.2) is 53.5 Å². The van der Waals surface area contributed by atoms with Crippen molar-refractivity contribution >= 4 is 69.8 Å². The maximum absolute atomic E-state index is 15.0. The van der Waals surface area contributed by atoms with Gasteiger partial charge >= 0.3 is 12.1 Å². The number of anilines is 2. The monoisotopic (exact) mass is 1000 g/mol. The normalized spacial score (nSPS) is 12.1. The molecule has 0 aliphatic rings. The maximum atomic E-state index is 15.0. The fourth-order valence-corrected chi connectivity index (χ4v) is 9.58. The van der Waals surface area contributed by atoms with Crippen molar-refractivity contribution in [3.05, 3.63) is 80.8 Å². The van der Waals surface area contributed by atoms with Crippen LogP contribution in [0, 0.1) is 24.6 Å². The summed E-state index contributed by atoms with van der Waals surface area (Å²) in [5, 5.41) is 9.97. The highest BCUT2D eigenvalue weighted by atomic mass is 32.1. The number of esters is 1. The molecule has 0 N–H and O–H groups in total. The summed E-state index contributed by atoms with van der Waals surface area (Å²) in [6.07, 6.45) is 2.15. The van der Waals surface area contributed by atoms with Gasteiger partial charge in [-0.15, -0.1) is 21.5 Å². The van der Waals surface area contributed by atoms with Crippen LogP contribution in [0.5, 0.6) is 5.75 Å². The Bertz CT molecular complexity index is 2630. The molecule has 0 fully saturated rings. The summed E-state index contributed by atoms with van der Waals surface area (Å²) >= 11 is 2.95. The molecule has 0 spiro atoms. The molecule has 19 heteroatoms. The number of likely N-dealkylation sites (N-methyl/N-ethyl adjacent to an activating group) is 2. The van der Waals surface area contributed by atoms with Crippen molar-refractivity contribution in [2.45, 2.75) is 91.4 Å². The summed E-state index contributed by atoms with van der Waals surface area (Å²) in [6, 6.07) is 15.9. The van der Waals surface area contributed by atoms with Crippen LogP contribution >= 0.6 is 22.7 Å². The number of hydrogen-bond donors (Lipinski definition) is 0. The van der Waals surface area contributed by atoms with Crippen molar-refractivity contribution in [3.63, 3.8) is 0 Å². The Labute approximate surface area is 416 Å². The van der Waals surface area contributed by atoms with Gasteiger partial charge in [0, 0.05) is 51.8 Å². The third-order valence-corrected chi connectivity index (χ3v) is 14.5. The first-order chi connectivity index (χ1) is 32.7. The molecule has 0 aliphatic carbocycles. The number of carbonyl (C=O) groups is 2. The van der Waals surface area contributed by atoms with Gasteiger partial charge in [0.2, 0.25) is 0 Å². The molecule has 0 aliphatic heterocycles. The van der Waals surface area contributed by atoms with E-state index in [1.54, 1.807) is 35.4 Å². The number of para-hydroxylation sites is 1. The van der Waals surface area contributed by atoms with Crippen LogP contribution in [-0.4, -0.2) is 141 Å². The second kappa shape index (κ2) is 25.6. The minimum absolute atomic E-state index is 0.135. The Morgan fingerprint density at radius 1 is 0.928 bits per heavy atom. The molecule has 0 saturated carbocycles. The number of nitrogens with zero attached hydrogens (tertiary/aromatic N) is 9. The Morgan fingerprint density at radius 2 is 1.68 bits per heavy atom. The van der Waals surface area contributed by atoms with Crippen LogP contribution in [0.25, 0.3) is 10.2 Å². The number of unbranched alkanes of at least 4 members (excludes halogenated alkanes) is 1. The van der Waals surface area contributed by atoms with Crippen molar-refractivity contribution in [2.24, 2.45) is 4.99 Å². The average molecular weight is 1000 g/mol. The molecule has 0 bridgehead atoms. The van der Waals surface area contributed by atoms with E-state index in [-0.39, 0.29) is 24.1 Å². The summed E-state index contributed by atoms with van der Waals surface area (Å²) < 4.78 is 40.9. The van der Waals surface area contributed by atoms with E-state index in [0.29, 0.717) is 79.6 Å². The van der Waals surface area contributed by atoms with Crippen molar-refractivity contribution in [2.75, 3.05) is 86.1 Å². The number of halogens is 1. The van der Waals surface area contributed by atoms with E-state index in [4.69, 9.17) is 34.0 Å². The molecule has 3 aromatic heterocycles. The van der Waals surface area contributed by atoms with E-state index in [0.717, 1.165) is 46.0 Å². The largest absolute Gasteiger partial charge is 0.491 e. The molecule has 0 unspecified atom stereocenters. The zero-order valence-corrected chi connectivity index (χ0v) is 45.1. The number of ether oxygens (including phenoxy) is 4. The molecule has 5 rings (SSSR count). The molecular weight excluding hydrogens is 934 g/mol. The lowest BCUT2D eigenvalue weighted by Gasteiger charge is -2.26. The zero-order chi connectivity index (χ0) is 50.3. The van der Waals surface area contributed by atoms with Crippen molar-refractivity contribution in [3.8, 4) is 17.6 Å². The number of hydrogen-bond acceptors (Lipinski definition) is 15. The first-order valence-corrected chi connectivity index (χ1v) is 28.6.